The number of methoxy groups -OCH3 is 1. The van der Waals surface area contributed by atoms with Gasteiger partial charge in [0.25, 0.3) is 0 Å². The molecule has 0 atom stereocenters. The van der Waals surface area contributed by atoms with E-state index in [2.05, 4.69) is 15.7 Å². The minimum atomic E-state index is -0.134. The molecular formula is C11H19N5O2S. The highest BCUT2D eigenvalue weighted by Gasteiger charge is 2.15. The first-order chi connectivity index (χ1) is 8.97. The molecule has 7 nitrogen and oxygen atoms in total. The monoisotopic (exact) mass is 285 g/mol. The number of hydrogen-bond donors (Lipinski definition) is 3. The molecule has 19 heavy (non-hydrogen) atoms. The van der Waals surface area contributed by atoms with Gasteiger partial charge in [-0.1, -0.05) is 12.2 Å². The minimum absolute atomic E-state index is 0.123. The molecule has 8 heteroatoms. The number of aromatic nitrogens is 2. The molecule has 0 aliphatic rings. The summed E-state index contributed by atoms with van der Waals surface area (Å²) < 4.78 is 6.46. The molecule has 4 N–H and O–H groups in total. The van der Waals surface area contributed by atoms with Crippen LogP contribution in [0.2, 0.25) is 0 Å². The molecule has 1 amide bonds. The lowest BCUT2D eigenvalue weighted by Gasteiger charge is -2.09. The van der Waals surface area contributed by atoms with Crippen LogP contribution in [0.15, 0.2) is 0 Å². The van der Waals surface area contributed by atoms with Crippen LogP contribution in [-0.2, 0) is 16.6 Å². The average molecular weight is 285 g/mol. The summed E-state index contributed by atoms with van der Waals surface area (Å²) in [5.74, 6) is 0.511. The lowest BCUT2D eigenvalue weighted by Crippen LogP contribution is -2.33. The van der Waals surface area contributed by atoms with Crippen LogP contribution in [0.1, 0.15) is 11.3 Å². The Morgan fingerprint density at radius 1 is 1.58 bits per heavy atom. The molecule has 0 aliphatic carbocycles. The first kappa shape index (κ1) is 15.4. The summed E-state index contributed by atoms with van der Waals surface area (Å²) in [6, 6.07) is 0. The molecule has 1 heterocycles. The summed E-state index contributed by atoms with van der Waals surface area (Å²) >= 11 is 4.98. The van der Waals surface area contributed by atoms with Gasteiger partial charge in [0.05, 0.1) is 24.4 Å². The second-order valence-corrected chi connectivity index (χ2v) is 4.43. The molecule has 0 aliphatic heterocycles. The van der Waals surface area contributed by atoms with Crippen LogP contribution < -0.4 is 16.4 Å². The van der Waals surface area contributed by atoms with Gasteiger partial charge in [-0.25, -0.2) is 0 Å². The van der Waals surface area contributed by atoms with E-state index in [1.54, 1.807) is 18.8 Å². The summed E-state index contributed by atoms with van der Waals surface area (Å²) in [6.45, 7) is 2.90. The van der Waals surface area contributed by atoms with Gasteiger partial charge in [-0.2, -0.15) is 5.10 Å². The van der Waals surface area contributed by atoms with Gasteiger partial charge in [0.15, 0.2) is 0 Å². The van der Waals surface area contributed by atoms with Crippen molar-refractivity contribution in [3.8, 4) is 0 Å². The Bertz CT molecular complexity index is 472. The van der Waals surface area contributed by atoms with E-state index in [1.807, 2.05) is 6.92 Å². The number of hydrogen-bond acceptors (Lipinski definition) is 5. The Balaban J connectivity index is 2.62. The average Bonchev–Trinajstić information content (AvgIpc) is 2.61. The van der Waals surface area contributed by atoms with Gasteiger partial charge in [0.1, 0.15) is 10.8 Å². The van der Waals surface area contributed by atoms with E-state index < -0.39 is 0 Å². The van der Waals surface area contributed by atoms with Gasteiger partial charge < -0.3 is 21.1 Å². The van der Waals surface area contributed by atoms with Crippen molar-refractivity contribution in [2.24, 2.45) is 12.8 Å². The van der Waals surface area contributed by atoms with Crippen LogP contribution in [0.4, 0.5) is 5.82 Å². The van der Waals surface area contributed by atoms with E-state index in [1.165, 1.54) is 0 Å². The SMILES string of the molecule is COCCNC(=O)CNc1c(C(N)=S)c(C)nn1C. The zero-order valence-corrected chi connectivity index (χ0v) is 12.1. The molecule has 0 spiro atoms. The van der Waals surface area contributed by atoms with Gasteiger partial charge in [0, 0.05) is 20.7 Å². The fourth-order valence-corrected chi connectivity index (χ4v) is 1.92. The number of carbonyl (C=O) groups is 1. The van der Waals surface area contributed by atoms with Crippen molar-refractivity contribution in [1.82, 2.24) is 15.1 Å². The zero-order chi connectivity index (χ0) is 14.4. The van der Waals surface area contributed by atoms with E-state index in [-0.39, 0.29) is 17.4 Å². The Labute approximate surface area is 117 Å². The van der Waals surface area contributed by atoms with E-state index in [4.69, 9.17) is 22.7 Å². The van der Waals surface area contributed by atoms with Crippen LogP contribution in [0.5, 0.6) is 0 Å². The number of nitrogens with two attached hydrogens (primary N) is 1. The molecule has 1 aromatic rings. The van der Waals surface area contributed by atoms with Crippen molar-refractivity contribution in [2.45, 2.75) is 6.92 Å². The Kier molecular flexibility index (Phi) is 5.71. The first-order valence-electron chi connectivity index (χ1n) is 5.80. The first-order valence-corrected chi connectivity index (χ1v) is 6.21. The zero-order valence-electron chi connectivity index (χ0n) is 11.3. The predicted molar refractivity (Wildman–Crippen MR) is 77.2 cm³/mol. The topological polar surface area (TPSA) is 94.2 Å². The maximum Gasteiger partial charge on any atom is 0.239 e. The molecular weight excluding hydrogens is 266 g/mol. The second-order valence-electron chi connectivity index (χ2n) is 3.99. The van der Waals surface area contributed by atoms with Crippen LogP contribution in [0.3, 0.4) is 0 Å². The number of carbonyl (C=O) groups excluding carboxylic acids is 1. The quantitative estimate of drug-likeness (QED) is 0.463. The van der Waals surface area contributed by atoms with Crippen LogP contribution in [0, 0.1) is 6.92 Å². The molecule has 106 valence electrons. The summed E-state index contributed by atoms with van der Waals surface area (Å²) in [6.07, 6.45) is 0. The molecule has 0 fully saturated rings. The molecule has 1 rings (SSSR count). The van der Waals surface area contributed by atoms with Crippen molar-refractivity contribution < 1.29 is 9.53 Å². The summed E-state index contributed by atoms with van der Waals surface area (Å²) in [7, 11) is 3.34. The standard InChI is InChI=1S/C11H19N5O2S/c1-7-9(10(12)19)11(16(2)15-7)14-6-8(17)13-4-5-18-3/h14H,4-6H2,1-3H3,(H2,12,19)(H,13,17). The molecule has 0 radical (unpaired) electrons. The number of amides is 1. The number of aryl methyl sites for hydroxylation is 2. The van der Waals surface area contributed by atoms with E-state index in [0.717, 1.165) is 5.69 Å². The number of rotatable bonds is 7. The Morgan fingerprint density at radius 2 is 2.26 bits per heavy atom. The molecule has 0 aromatic carbocycles. The van der Waals surface area contributed by atoms with Crippen molar-refractivity contribution in [1.29, 1.82) is 0 Å². The predicted octanol–water partition coefficient (Wildman–Crippen LogP) is -0.463. The second kappa shape index (κ2) is 7.05. The van der Waals surface area contributed by atoms with Crippen LogP contribution in [-0.4, -0.2) is 47.5 Å². The van der Waals surface area contributed by atoms with Gasteiger partial charge in [-0.15, -0.1) is 0 Å². The van der Waals surface area contributed by atoms with Gasteiger partial charge >= 0.3 is 0 Å². The highest BCUT2D eigenvalue weighted by Crippen LogP contribution is 2.17. The number of anilines is 1. The molecule has 0 saturated carbocycles. The third-order valence-corrected chi connectivity index (χ3v) is 2.72. The fourth-order valence-electron chi connectivity index (χ4n) is 1.67. The van der Waals surface area contributed by atoms with E-state index in [9.17, 15) is 4.79 Å². The van der Waals surface area contributed by atoms with Crippen molar-refractivity contribution in [3.05, 3.63) is 11.3 Å². The van der Waals surface area contributed by atoms with Crippen molar-refractivity contribution in [2.75, 3.05) is 32.1 Å². The van der Waals surface area contributed by atoms with Crippen LogP contribution >= 0.6 is 12.2 Å². The Morgan fingerprint density at radius 3 is 2.84 bits per heavy atom. The maximum atomic E-state index is 11.6. The molecule has 0 unspecified atom stereocenters. The van der Waals surface area contributed by atoms with Gasteiger partial charge in [-0.3, -0.25) is 9.48 Å². The third kappa shape index (κ3) is 4.18. The van der Waals surface area contributed by atoms with Crippen LogP contribution in [0.25, 0.3) is 0 Å². The van der Waals surface area contributed by atoms with Gasteiger partial charge in [0.2, 0.25) is 5.91 Å². The minimum Gasteiger partial charge on any atom is -0.389 e. The van der Waals surface area contributed by atoms with E-state index in [0.29, 0.717) is 24.5 Å². The highest BCUT2D eigenvalue weighted by molar-refractivity contribution is 7.80. The maximum absolute atomic E-state index is 11.6. The van der Waals surface area contributed by atoms with Gasteiger partial charge in [-0.05, 0) is 6.92 Å². The summed E-state index contributed by atoms with van der Waals surface area (Å²) in [4.78, 5) is 11.8. The largest absolute Gasteiger partial charge is 0.389 e. The summed E-state index contributed by atoms with van der Waals surface area (Å²) in [5, 5.41) is 9.92. The normalized spacial score (nSPS) is 10.3. The lowest BCUT2D eigenvalue weighted by atomic mass is 10.2. The number of nitrogens with zero attached hydrogens (tertiary/aromatic N) is 2. The van der Waals surface area contributed by atoms with Crippen molar-refractivity contribution >= 4 is 28.9 Å². The smallest absolute Gasteiger partial charge is 0.239 e. The molecule has 0 bridgehead atoms. The fraction of sp³-hybridized carbons (Fsp3) is 0.545. The summed E-state index contributed by atoms with van der Waals surface area (Å²) in [5.41, 5.74) is 7.06. The third-order valence-electron chi connectivity index (χ3n) is 2.51. The van der Waals surface area contributed by atoms with E-state index >= 15 is 0 Å². The molecule has 1 aromatic heterocycles. The number of thiocarbonyl (C=S) groups is 1. The van der Waals surface area contributed by atoms with Crippen molar-refractivity contribution in [3.63, 3.8) is 0 Å². The highest BCUT2D eigenvalue weighted by atomic mass is 32.1. The number of ether oxygens (including phenoxy) is 1. The Hall–Kier alpha value is -1.67. The lowest BCUT2D eigenvalue weighted by molar-refractivity contribution is -0.119. The molecule has 0 saturated heterocycles. The number of nitrogens with one attached hydrogen (secondary N) is 2.